The molecule has 0 bridgehead atoms. The lowest BCUT2D eigenvalue weighted by atomic mass is 10.0. The quantitative estimate of drug-likeness (QED) is 0.507. The maximum absolute atomic E-state index is 5.97. The summed E-state index contributed by atoms with van der Waals surface area (Å²) >= 11 is 0. The summed E-state index contributed by atoms with van der Waals surface area (Å²) in [4.78, 5) is 0. The molecule has 118 valence electrons. The van der Waals surface area contributed by atoms with Crippen molar-refractivity contribution in [1.82, 2.24) is 0 Å². The molecule has 2 saturated heterocycles. The van der Waals surface area contributed by atoms with Crippen LogP contribution in [0.25, 0.3) is 0 Å². The maximum Gasteiger partial charge on any atom is 0.370 e. The van der Waals surface area contributed by atoms with Gasteiger partial charge in [0.25, 0.3) is 0 Å². The second-order valence-electron chi connectivity index (χ2n) is 5.87. The standard InChI is InChI=1S/C14H28O5Si/c1-12(18-10-13-11-19-13)9-14(15-2)7-5-6-8-20(14,16-3)17-4/h12-13H,5-11H2,1-4H3. The Labute approximate surface area is 123 Å². The summed E-state index contributed by atoms with van der Waals surface area (Å²) in [5.74, 6) is 0. The molecule has 0 radical (unpaired) electrons. The van der Waals surface area contributed by atoms with Gasteiger partial charge in [-0.25, -0.2) is 0 Å². The van der Waals surface area contributed by atoms with Crippen molar-refractivity contribution in [3.8, 4) is 0 Å². The maximum atomic E-state index is 5.97. The molecule has 20 heavy (non-hydrogen) atoms. The van der Waals surface area contributed by atoms with Gasteiger partial charge in [0.1, 0.15) is 11.3 Å². The fourth-order valence-electron chi connectivity index (χ4n) is 3.40. The second kappa shape index (κ2) is 6.85. The van der Waals surface area contributed by atoms with Crippen molar-refractivity contribution >= 4 is 8.56 Å². The molecular weight excluding hydrogens is 276 g/mol. The summed E-state index contributed by atoms with van der Waals surface area (Å²) in [5.41, 5.74) is 0. The average Bonchev–Trinajstić information content (AvgIpc) is 3.30. The van der Waals surface area contributed by atoms with E-state index in [9.17, 15) is 0 Å². The highest BCUT2D eigenvalue weighted by Gasteiger charge is 2.59. The molecule has 0 amide bonds. The molecule has 2 aliphatic heterocycles. The van der Waals surface area contributed by atoms with Crippen molar-refractivity contribution in [3.63, 3.8) is 0 Å². The Kier molecular flexibility index (Phi) is 5.61. The molecule has 2 fully saturated rings. The second-order valence-corrected chi connectivity index (χ2v) is 9.60. The third-order valence-corrected chi connectivity index (χ3v) is 9.04. The average molecular weight is 304 g/mol. The number of methoxy groups -OCH3 is 1. The van der Waals surface area contributed by atoms with Crippen molar-refractivity contribution in [2.24, 2.45) is 0 Å². The van der Waals surface area contributed by atoms with E-state index in [1.54, 1.807) is 21.3 Å². The summed E-state index contributed by atoms with van der Waals surface area (Å²) in [5, 5.41) is -0.307. The predicted molar refractivity (Wildman–Crippen MR) is 77.9 cm³/mol. The van der Waals surface area contributed by atoms with Gasteiger partial charge in [0.15, 0.2) is 0 Å². The minimum Gasteiger partial charge on any atom is -0.396 e. The molecule has 0 aromatic carbocycles. The fourth-order valence-corrected chi connectivity index (χ4v) is 7.36. The molecule has 0 aliphatic carbocycles. The number of hydrogen-bond acceptors (Lipinski definition) is 5. The first kappa shape index (κ1) is 16.4. The van der Waals surface area contributed by atoms with Crippen LogP contribution < -0.4 is 0 Å². The Morgan fingerprint density at radius 1 is 1.25 bits per heavy atom. The van der Waals surface area contributed by atoms with Gasteiger partial charge in [-0.05, 0) is 19.4 Å². The van der Waals surface area contributed by atoms with Gasteiger partial charge in [0.2, 0.25) is 0 Å². The summed E-state index contributed by atoms with van der Waals surface area (Å²) in [6.07, 6.45) is 4.55. The van der Waals surface area contributed by atoms with Crippen LogP contribution in [0.1, 0.15) is 32.6 Å². The molecule has 3 unspecified atom stereocenters. The van der Waals surface area contributed by atoms with Crippen LogP contribution in [0.2, 0.25) is 6.04 Å². The Bertz CT molecular complexity index is 306. The summed E-state index contributed by atoms with van der Waals surface area (Å²) < 4.78 is 28.8. The zero-order valence-electron chi connectivity index (χ0n) is 13.1. The van der Waals surface area contributed by atoms with Crippen LogP contribution in [0, 0.1) is 0 Å². The zero-order chi connectivity index (χ0) is 14.6. The first-order valence-electron chi connectivity index (χ1n) is 7.50. The molecule has 2 aliphatic rings. The molecule has 0 aromatic rings. The van der Waals surface area contributed by atoms with Crippen LogP contribution in [-0.4, -0.2) is 60.5 Å². The van der Waals surface area contributed by atoms with Crippen molar-refractivity contribution in [3.05, 3.63) is 0 Å². The largest absolute Gasteiger partial charge is 0.396 e. The van der Waals surface area contributed by atoms with E-state index >= 15 is 0 Å². The minimum atomic E-state index is -2.35. The lowest BCUT2D eigenvalue weighted by Gasteiger charge is -2.48. The van der Waals surface area contributed by atoms with Gasteiger partial charge in [0.05, 0.1) is 19.3 Å². The van der Waals surface area contributed by atoms with Crippen molar-refractivity contribution < 1.29 is 23.1 Å². The van der Waals surface area contributed by atoms with Crippen LogP contribution in [0.3, 0.4) is 0 Å². The lowest BCUT2D eigenvalue weighted by molar-refractivity contribution is -0.0551. The minimum absolute atomic E-state index is 0.120. The smallest absolute Gasteiger partial charge is 0.370 e. The summed E-state index contributed by atoms with van der Waals surface area (Å²) in [6.45, 7) is 3.61. The molecule has 0 N–H and O–H groups in total. The molecule has 0 aromatic heterocycles. The summed E-state index contributed by atoms with van der Waals surface area (Å²) in [7, 11) is 2.96. The topological polar surface area (TPSA) is 49.5 Å². The number of hydrogen-bond donors (Lipinski definition) is 0. The fraction of sp³-hybridized carbons (Fsp3) is 1.00. The first-order valence-corrected chi connectivity index (χ1v) is 9.52. The van der Waals surface area contributed by atoms with E-state index in [4.69, 9.17) is 23.1 Å². The van der Waals surface area contributed by atoms with E-state index in [-0.39, 0.29) is 11.3 Å². The molecule has 2 heterocycles. The van der Waals surface area contributed by atoms with Crippen molar-refractivity contribution in [1.29, 1.82) is 0 Å². The highest BCUT2D eigenvalue weighted by atomic mass is 28.4. The highest BCUT2D eigenvalue weighted by Crippen LogP contribution is 2.43. The van der Waals surface area contributed by atoms with Gasteiger partial charge in [-0.1, -0.05) is 12.8 Å². The van der Waals surface area contributed by atoms with E-state index in [1.165, 1.54) is 0 Å². The van der Waals surface area contributed by atoms with Gasteiger partial charge >= 0.3 is 8.56 Å². The van der Waals surface area contributed by atoms with Gasteiger partial charge in [-0.3, -0.25) is 0 Å². The molecule has 2 rings (SSSR count). The Hall–Kier alpha value is 0.0169. The van der Waals surface area contributed by atoms with E-state index in [1.807, 2.05) is 0 Å². The molecule has 3 atom stereocenters. The SMILES string of the molecule is COC1(CC(C)OCC2CO2)CCCC[Si]1(OC)OC. The van der Waals surface area contributed by atoms with E-state index in [0.717, 1.165) is 38.3 Å². The van der Waals surface area contributed by atoms with Crippen LogP contribution >= 0.6 is 0 Å². The third-order valence-electron chi connectivity index (χ3n) is 4.67. The highest BCUT2D eigenvalue weighted by molar-refractivity contribution is 6.70. The van der Waals surface area contributed by atoms with Crippen molar-refractivity contribution in [2.75, 3.05) is 34.5 Å². The lowest BCUT2D eigenvalue weighted by Crippen LogP contribution is -2.65. The van der Waals surface area contributed by atoms with Gasteiger partial charge in [0, 0.05) is 27.8 Å². The van der Waals surface area contributed by atoms with E-state index in [0.29, 0.717) is 12.7 Å². The Balaban J connectivity index is 2.03. The van der Waals surface area contributed by atoms with Crippen molar-refractivity contribution in [2.45, 2.75) is 56.1 Å². The number of epoxide rings is 1. The van der Waals surface area contributed by atoms with Crippen LogP contribution in [0.15, 0.2) is 0 Å². The Morgan fingerprint density at radius 2 is 1.95 bits per heavy atom. The van der Waals surface area contributed by atoms with Crippen LogP contribution in [0.4, 0.5) is 0 Å². The third kappa shape index (κ3) is 3.26. The van der Waals surface area contributed by atoms with Gasteiger partial charge < -0.3 is 23.1 Å². The molecule has 0 spiro atoms. The summed E-state index contributed by atoms with van der Waals surface area (Å²) in [6, 6.07) is 0.992. The predicted octanol–water partition coefficient (Wildman–Crippen LogP) is 2.02. The molecule has 0 saturated carbocycles. The molecular formula is C14H28O5Si. The van der Waals surface area contributed by atoms with Gasteiger partial charge in [-0.2, -0.15) is 0 Å². The molecule has 6 heteroatoms. The molecule has 5 nitrogen and oxygen atoms in total. The van der Waals surface area contributed by atoms with Crippen LogP contribution in [0.5, 0.6) is 0 Å². The number of ether oxygens (including phenoxy) is 3. The monoisotopic (exact) mass is 304 g/mol. The van der Waals surface area contributed by atoms with E-state index < -0.39 is 8.56 Å². The van der Waals surface area contributed by atoms with Gasteiger partial charge in [-0.15, -0.1) is 0 Å². The van der Waals surface area contributed by atoms with Crippen LogP contribution in [-0.2, 0) is 23.1 Å². The zero-order valence-corrected chi connectivity index (χ0v) is 14.1. The Morgan fingerprint density at radius 3 is 2.50 bits per heavy atom. The number of rotatable bonds is 8. The normalized spacial score (nSPS) is 33.9. The first-order chi connectivity index (χ1) is 9.61. The van der Waals surface area contributed by atoms with E-state index in [2.05, 4.69) is 6.92 Å².